The first-order valence-electron chi connectivity index (χ1n) is 11.0. The predicted molar refractivity (Wildman–Crippen MR) is 121 cm³/mol. The molecule has 1 amide bonds. The number of carbonyl (C=O) groups excluding carboxylic acids is 1. The standard InChI is InChI=1S/C22H29N7OS/c1-3-18-24-20(27-25-18)15-10-12-16(13-11-15)21(30)23-14-6-9-19-26-28-22(31-2)29(19)17-7-4-5-8-17/h10-13,17H,3-9,14H2,1-2H3,(H,23,30)(H,24,25,27). The van der Waals surface area contributed by atoms with E-state index in [1.54, 1.807) is 11.8 Å². The van der Waals surface area contributed by atoms with Gasteiger partial charge in [-0.15, -0.1) is 10.2 Å². The van der Waals surface area contributed by atoms with Gasteiger partial charge in [-0.1, -0.05) is 43.7 Å². The van der Waals surface area contributed by atoms with Crippen molar-refractivity contribution in [3.05, 3.63) is 41.5 Å². The zero-order valence-electron chi connectivity index (χ0n) is 18.1. The second-order valence-electron chi connectivity index (χ2n) is 7.81. The second-order valence-corrected chi connectivity index (χ2v) is 8.58. The van der Waals surface area contributed by atoms with Crippen molar-refractivity contribution in [3.63, 3.8) is 0 Å². The van der Waals surface area contributed by atoms with Crippen LogP contribution >= 0.6 is 11.8 Å². The van der Waals surface area contributed by atoms with Crippen molar-refractivity contribution in [1.29, 1.82) is 0 Å². The second kappa shape index (κ2) is 10.1. The molecule has 4 rings (SSSR count). The molecule has 1 aromatic carbocycles. The van der Waals surface area contributed by atoms with Gasteiger partial charge in [0.25, 0.3) is 5.91 Å². The highest BCUT2D eigenvalue weighted by molar-refractivity contribution is 7.98. The summed E-state index contributed by atoms with van der Waals surface area (Å²) < 4.78 is 2.32. The number of carbonyl (C=O) groups is 1. The summed E-state index contributed by atoms with van der Waals surface area (Å²) in [6, 6.07) is 7.91. The number of hydrogen-bond donors (Lipinski definition) is 2. The minimum Gasteiger partial charge on any atom is -0.352 e. The van der Waals surface area contributed by atoms with Gasteiger partial charge in [-0.2, -0.15) is 5.10 Å². The molecule has 164 valence electrons. The van der Waals surface area contributed by atoms with E-state index in [2.05, 4.69) is 41.5 Å². The molecule has 0 radical (unpaired) electrons. The molecular formula is C22H29N7OS. The highest BCUT2D eigenvalue weighted by atomic mass is 32.2. The molecule has 0 atom stereocenters. The number of benzene rings is 1. The molecule has 31 heavy (non-hydrogen) atoms. The van der Waals surface area contributed by atoms with Gasteiger partial charge in [0.05, 0.1) is 0 Å². The predicted octanol–water partition coefficient (Wildman–Crippen LogP) is 3.83. The summed E-state index contributed by atoms with van der Waals surface area (Å²) in [4.78, 5) is 16.9. The highest BCUT2D eigenvalue weighted by Crippen LogP contribution is 2.33. The van der Waals surface area contributed by atoms with Crippen molar-refractivity contribution in [2.24, 2.45) is 0 Å². The molecular weight excluding hydrogens is 410 g/mol. The Bertz CT molecular complexity index is 1010. The van der Waals surface area contributed by atoms with Crippen LogP contribution in [0.15, 0.2) is 29.4 Å². The third kappa shape index (κ3) is 4.98. The molecule has 0 aliphatic heterocycles. The van der Waals surface area contributed by atoms with Gasteiger partial charge >= 0.3 is 0 Å². The number of aromatic amines is 1. The average Bonchev–Trinajstić information content (AvgIpc) is 3.56. The minimum atomic E-state index is -0.0714. The number of amides is 1. The van der Waals surface area contributed by atoms with Gasteiger partial charge in [0, 0.05) is 36.6 Å². The van der Waals surface area contributed by atoms with Crippen molar-refractivity contribution in [1.82, 2.24) is 35.3 Å². The lowest BCUT2D eigenvalue weighted by molar-refractivity contribution is 0.0953. The van der Waals surface area contributed by atoms with E-state index in [9.17, 15) is 4.79 Å². The van der Waals surface area contributed by atoms with Gasteiger partial charge < -0.3 is 9.88 Å². The fourth-order valence-corrected chi connectivity index (χ4v) is 4.62. The van der Waals surface area contributed by atoms with E-state index in [0.717, 1.165) is 41.6 Å². The highest BCUT2D eigenvalue weighted by Gasteiger charge is 2.23. The van der Waals surface area contributed by atoms with E-state index in [0.29, 0.717) is 24.0 Å². The summed E-state index contributed by atoms with van der Waals surface area (Å²) in [6.07, 6.45) is 9.48. The largest absolute Gasteiger partial charge is 0.352 e. The summed E-state index contributed by atoms with van der Waals surface area (Å²) in [5.74, 6) is 2.47. The maximum absolute atomic E-state index is 12.5. The Hall–Kier alpha value is -2.68. The molecule has 0 saturated heterocycles. The van der Waals surface area contributed by atoms with Crippen LogP contribution < -0.4 is 5.32 Å². The minimum absolute atomic E-state index is 0.0714. The molecule has 8 nitrogen and oxygen atoms in total. The monoisotopic (exact) mass is 439 g/mol. The van der Waals surface area contributed by atoms with Crippen molar-refractivity contribution >= 4 is 17.7 Å². The van der Waals surface area contributed by atoms with E-state index < -0.39 is 0 Å². The van der Waals surface area contributed by atoms with Crippen LogP contribution in [0.25, 0.3) is 11.4 Å². The molecule has 0 unspecified atom stereocenters. The first kappa shape index (κ1) is 21.5. The summed E-state index contributed by atoms with van der Waals surface area (Å²) in [7, 11) is 0. The number of thioether (sulfide) groups is 1. The first-order chi connectivity index (χ1) is 15.2. The van der Waals surface area contributed by atoms with Crippen LogP contribution in [-0.2, 0) is 12.8 Å². The lowest BCUT2D eigenvalue weighted by Crippen LogP contribution is -2.25. The molecule has 0 spiro atoms. The molecule has 1 aliphatic rings. The topological polar surface area (TPSA) is 101 Å². The van der Waals surface area contributed by atoms with Crippen molar-refractivity contribution in [2.45, 2.75) is 63.1 Å². The molecule has 1 saturated carbocycles. The first-order valence-corrected chi connectivity index (χ1v) is 12.2. The number of H-pyrrole nitrogens is 1. The Morgan fingerprint density at radius 2 is 2.00 bits per heavy atom. The summed E-state index contributed by atoms with van der Waals surface area (Å²) in [6.45, 7) is 2.63. The normalized spacial score (nSPS) is 14.3. The van der Waals surface area contributed by atoms with Crippen LogP contribution in [0, 0.1) is 0 Å². The van der Waals surface area contributed by atoms with Gasteiger partial charge in [0.15, 0.2) is 11.0 Å². The van der Waals surface area contributed by atoms with E-state index in [-0.39, 0.29) is 5.91 Å². The molecule has 1 fully saturated rings. The lowest BCUT2D eigenvalue weighted by Gasteiger charge is -2.16. The molecule has 3 aromatic rings. The summed E-state index contributed by atoms with van der Waals surface area (Å²) in [5.41, 5.74) is 1.53. The van der Waals surface area contributed by atoms with Gasteiger partial charge in [-0.05, 0) is 37.7 Å². The maximum atomic E-state index is 12.5. The zero-order valence-corrected chi connectivity index (χ0v) is 18.9. The Morgan fingerprint density at radius 3 is 2.68 bits per heavy atom. The Morgan fingerprint density at radius 1 is 1.23 bits per heavy atom. The van der Waals surface area contributed by atoms with Gasteiger partial charge in [-0.25, -0.2) is 4.98 Å². The number of nitrogens with one attached hydrogen (secondary N) is 2. The van der Waals surface area contributed by atoms with Crippen LogP contribution in [0.3, 0.4) is 0 Å². The third-order valence-electron chi connectivity index (χ3n) is 5.74. The fourth-order valence-electron chi connectivity index (χ4n) is 4.05. The molecule has 9 heteroatoms. The van der Waals surface area contributed by atoms with Crippen molar-refractivity contribution < 1.29 is 4.79 Å². The third-order valence-corrected chi connectivity index (χ3v) is 6.39. The van der Waals surface area contributed by atoms with Crippen LogP contribution in [0.5, 0.6) is 0 Å². The van der Waals surface area contributed by atoms with E-state index in [1.165, 1.54) is 25.7 Å². The van der Waals surface area contributed by atoms with Crippen LogP contribution in [0.4, 0.5) is 0 Å². The number of rotatable bonds is 9. The zero-order chi connectivity index (χ0) is 21.6. The van der Waals surface area contributed by atoms with Crippen molar-refractivity contribution in [2.75, 3.05) is 12.8 Å². The SMILES string of the molecule is CCc1nc(-c2ccc(C(=O)NCCCc3nnc(SC)n3C3CCCC3)cc2)n[nH]1. The number of aryl methyl sites for hydroxylation is 2. The van der Waals surface area contributed by atoms with Crippen LogP contribution in [0.1, 0.15) is 67.1 Å². The van der Waals surface area contributed by atoms with Gasteiger partial charge in [0.1, 0.15) is 11.6 Å². The smallest absolute Gasteiger partial charge is 0.251 e. The summed E-state index contributed by atoms with van der Waals surface area (Å²) in [5, 5.41) is 19.9. The quantitative estimate of drug-likeness (QED) is 0.388. The van der Waals surface area contributed by atoms with Crippen LogP contribution in [-0.4, -0.2) is 48.7 Å². The van der Waals surface area contributed by atoms with Gasteiger partial charge in [-0.3, -0.25) is 9.89 Å². The van der Waals surface area contributed by atoms with Gasteiger partial charge in [0.2, 0.25) is 0 Å². The Labute approximate surface area is 186 Å². The summed E-state index contributed by atoms with van der Waals surface area (Å²) >= 11 is 1.66. The molecule has 0 bridgehead atoms. The lowest BCUT2D eigenvalue weighted by atomic mass is 10.1. The number of hydrogen-bond acceptors (Lipinski definition) is 6. The number of nitrogens with zero attached hydrogens (tertiary/aromatic N) is 5. The average molecular weight is 440 g/mol. The Balaban J connectivity index is 1.29. The van der Waals surface area contributed by atoms with E-state index in [1.807, 2.05) is 31.2 Å². The van der Waals surface area contributed by atoms with E-state index >= 15 is 0 Å². The maximum Gasteiger partial charge on any atom is 0.251 e. The van der Waals surface area contributed by atoms with Crippen LogP contribution in [0.2, 0.25) is 0 Å². The molecule has 1 aliphatic carbocycles. The van der Waals surface area contributed by atoms with E-state index in [4.69, 9.17) is 0 Å². The molecule has 2 N–H and O–H groups in total. The number of aromatic nitrogens is 6. The van der Waals surface area contributed by atoms with Crippen molar-refractivity contribution in [3.8, 4) is 11.4 Å². The molecule has 2 heterocycles. The molecule has 2 aromatic heterocycles. The Kier molecular flexibility index (Phi) is 7.01. The fraction of sp³-hybridized carbons (Fsp3) is 0.500.